The molecule has 3 rings (SSSR count). The van der Waals surface area contributed by atoms with E-state index in [2.05, 4.69) is 0 Å². The Bertz CT molecular complexity index is 805. The molecule has 1 aliphatic rings. The van der Waals surface area contributed by atoms with Gasteiger partial charge in [0.25, 0.3) is 5.91 Å². The minimum atomic E-state index is -0.0993. The Labute approximate surface area is 139 Å². The van der Waals surface area contributed by atoms with Gasteiger partial charge in [0, 0.05) is 6.08 Å². The molecule has 0 spiro atoms. The van der Waals surface area contributed by atoms with Gasteiger partial charge in [-0.2, -0.15) is 0 Å². The molecular formula is C17H15NO2S2. The lowest BCUT2D eigenvalue weighted by Gasteiger charge is -2.17. The van der Waals surface area contributed by atoms with E-state index < -0.39 is 0 Å². The molecule has 0 radical (unpaired) electrons. The number of amides is 1. The van der Waals surface area contributed by atoms with Gasteiger partial charge in [0.05, 0.1) is 10.6 Å². The second-order valence-corrected chi connectivity index (χ2v) is 6.93. The smallest absolute Gasteiger partial charge is 0.270 e. The van der Waals surface area contributed by atoms with E-state index in [0.29, 0.717) is 15.0 Å². The number of nitrogens with zero attached hydrogens (tertiary/aromatic N) is 1. The number of thiocarbonyl (C=S) groups is 1. The molecule has 0 N–H and O–H groups in total. The van der Waals surface area contributed by atoms with Gasteiger partial charge in [0.15, 0.2) is 4.32 Å². The predicted molar refractivity (Wildman–Crippen MR) is 95.0 cm³/mol. The lowest BCUT2D eigenvalue weighted by molar-refractivity contribution is -0.113. The summed E-state index contributed by atoms with van der Waals surface area (Å²) in [5.41, 5.74) is 2.97. The zero-order valence-corrected chi connectivity index (χ0v) is 14.2. The molecule has 0 saturated carbocycles. The third kappa shape index (κ3) is 2.74. The van der Waals surface area contributed by atoms with Crippen LogP contribution in [0.25, 0.3) is 6.08 Å². The molecule has 1 saturated heterocycles. The second-order valence-electron chi connectivity index (χ2n) is 5.26. The summed E-state index contributed by atoms with van der Waals surface area (Å²) >= 11 is 6.70. The zero-order chi connectivity index (χ0) is 15.9. The van der Waals surface area contributed by atoms with Crippen LogP contribution in [0.3, 0.4) is 0 Å². The largest absolute Gasteiger partial charge is 0.462 e. The van der Waals surface area contributed by atoms with E-state index in [0.717, 1.165) is 22.6 Å². The molecule has 1 aliphatic heterocycles. The highest BCUT2D eigenvalue weighted by Crippen LogP contribution is 2.37. The van der Waals surface area contributed by atoms with Crippen LogP contribution in [0.1, 0.15) is 22.6 Å². The molecule has 1 amide bonds. The van der Waals surface area contributed by atoms with Crippen molar-refractivity contribution in [3.63, 3.8) is 0 Å². The SMILES string of the molecule is Cc1ccc(C)c(N2C(=O)C(=Cc3ccc(C)o3)SC2=S)c1. The van der Waals surface area contributed by atoms with Crippen molar-refractivity contribution in [2.24, 2.45) is 0 Å². The molecule has 1 aromatic heterocycles. The van der Waals surface area contributed by atoms with Crippen molar-refractivity contribution < 1.29 is 9.21 Å². The summed E-state index contributed by atoms with van der Waals surface area (Å²) in [4.78, 5) is 14.9. The van der Waals surface area contributed by atoms with Crippen molar-refractivity contribution >= 4 is 46.0 Å². The molecule has 0 aliphatic carbocycles. The van der Waals surface area contributed by atoms with Gasteiger partial charge in [-0.1, -0.05) is 36.1 Å². The van der Waals surface area contributed by atoms with Crippen molar-refractivity contribution in [1.29, 1.82) is 0 Å². The number of rotatable bonds is 2. The van der Waals surface area contributed by atoms with E-state index >= 15 is 0 Å². The average molecular weight is 329 g/mol. The van der Waals surface area contributed by atoms with Crippen molar-refractivity contribution in [2.45, 2.75) is 20.8 Å². The second kappa shape index (κ2) is 5.74. The number of benzene rings is 1. The standard InChI is InChI=1S/C17H15NO2S2/c1-10-4-5-11(2)14(8-10)18-16(19)15(22-17(18)21)9-13-7-6-12(3)20-13/h4-9H,1-3H3. The van der Waals surface area contributed by atoms with E-state index in [1.54, 1.807) is 11.0 Å². The van der Waals surface area contributed by atoms with Crippen molar-refractivity contribution in [2.75, 3.05) is 4.90 Å². The van der Waals surface area contributed by atoms with Crippen LogP contribution in [0.5, 0.6) is 0 Å². The average Bonchev–Trinajstić information content (AvgIpc) is 2.98. The van der Waals surface area contributed by atoms with Crippen LogP contribution in [0, 0.1) is 20.8 Å². The van der Waals surface area contributed by atoms with Crippen LogP contribution >= 0.6 is 24.0 Å². The Kier molecular flexibility index (Phi) is 3.93. The van der Waals surface area contributed by atoms with Gasteiger partial charge in [-0.3, -0.25) is 9.69 Å². The maximum atomic E-state index is 12.7. The molecule has 22 heavy (non-hydrogen) atoms. The van der Waals surface area contributed by atoms with Gasteiger partial charge in [0.1, 0.15) is 11.5 Å². The lowest BCUT2D eigenvalue weighted by atomic mass is 10.1. The van der Waals surface area contributed by atoms with Crippen LogP contribution < -0.4 is 4.90 Å². The number of hydrogen-bond acceptors (Lipinski definition) is 4. The van der Waals surface area contributed by atoms with E-state index in [-0.39, 0.29) is 5.91 Å². The lowest BCUT2D eigenvalue weighted by Crippen LogP contribution is -2.28. The predicted octanol–water partition coefficient (Wildman–Crippen LogP) is 4.61. The number of aryl methyl sites for hydroxylation is 3. The molecule has 0 unspecified atom stereocenters. The molecule has 5 heteroatoms. The van der Waals surface area contributed by atoms with Crippen LogP contribution in [0.15, 0.2) is 39.7 Å². The Hall–Kier alpha value is -1.85. The van der Waals surface area contributed by atoms with Gasteiger partial charge in [-0.05, 0) is 50.1 Å². The summed E-state index contributed by atoms with van der Waals surface area (Å²) in [6, 6.07) is 9.73. The highest BCUT2D eigenvalue weighted by atomic mass is 32.2. The number of thioether (sulfide) groups is 1. The zero-order valence-electron chi connectivity index (χ0n) is 12.5. The van der Waals surface area contributed by atoms with E-state index in [4.69, 9.17) is 16.6 Å². The minimum Gasteiger partial charge on any atom is -0.462 e. The quantitative estimate of drug-likeness (QED) is 0.595. The first-order valence-corrected chi connectivity index (χ1v) is 8.10. The maximum absolute atomic E-state index is 12.7. The third-order valence-corrected chi connectivity index (χ3v) is 4.74. The van der Waals surface area contributed by atoms with Gasteiger partial charge in [-0.15, -0.1) is 0 Å². The number of hydrogen-bond donors (Lipinski definition) is 0. The summed E-state index contributed by atoms with van der Waals surface area (Å²) in [6.07, 6.45) is 1.75. The Morgan fingerprint density at radius 3 is 2.64 bits per heavy atom. The van der Waals surface area contributed by atoms with Gasteiger partial charge in [0.2, 0.25) is 0 Å². The highest BCUT2D eigenvalue weighted by molar-refractivity contribution is 8.27. The van der Waals surface area contributed by atoms with Crippen molar-refractivity contribution in [3.8, 4) is 0 Å². The number of furan rings is 1. The first-order chi connectivity index (χ1) is 10.5. The first-order valence-electron chi connectivity index (χ1n) is 6.87. The van der Waals surface area contributed by atoms with Crippen molar-refractivity contribution in [1.82, 2.24) is 0 Å². The van der Waals surface area contributed by atoms with Crippen LogP contribution in [0.2, 0.25) is 0 Å². The molecule has 1 aromatic carbocycles. The number of carbonyl (C=O) groups is 1. The fourth-order valence-electron chi connectivity index (χ4n) is 2.30. The maximum Gasteiger partial charge on any atom is 0.270 e. The summed E-state index contributed by atoms with van der Waals surface area (Å²) in [7, 11) is 0. The van der Waals surface area contributed by atoms with Crippen LogP contribution in [-0.2, 0) is 4.79 Å². The molecule has 0 bridgehead atoms. The van der Waals surface area contributed by atoms with Gasteiger partial charge in [-0.25, -0.2) is 0 Å². The Morgan fingerprint density at radius 2 is 1.95 bits per heavy atom. The molecular weight excluding hydrogens is 314 g/mol. The summed E-state index contributed by atoms with van der Waals surface area (Å²) in [5, 5.41) is 0. The number of anilines is 1. The Morgan fingerprint density at radius 1 is 1.18 bits per heavy atom. The molecule has 112 valence electrons. The summed E-state index contributed by atoms with van der Waals surface area (Å²) in [5.74, 6) is 1.38. The van der Waals surface area contributed by atoms with Gasteiger partial charge >= 0.3 is 0 Å². The van der Waals surface area contributed by atoms with Crippen LogP contribution in [-0.4, -0.2) is 10.2 Å². The fraction of sp³-hybridized carbons (Fsp3) is 0.176. The highest BCUT2D eigenvalue weighted by Gasteiger charge is 2.34. The molecule has 1 fully saturated rings. The molecule has 2 aromatic rings. The third-order valence-electron chi connectivity index (χ3n) is 3.43. The Balaban J connectivity index is 1.98. The molecule has 2 heterocycles. The minimum absolute atomic E-state index is 0.0993. The summed E-state index contributed by atoms with van der Waals surface area (Å²) < 4.78 is 6.06. The topological polar surface area (TPSA) is 33.5 Å². The normalized spacial score (nSPS) is 16.9. The van der Waals surface area contributed by atoms with Crippen molar-refractivity contribution in [3.05, 3.63) is 57.9 Å². The first kappa shape index (κ1) is 15.1. The van der Waals surface area contributed by atoms with E-state index in [1.807, 2.05) is 51.1 Å². The molecule has 0 atom stereocenters. The number of carbonyl (C=O) groups excluding carboxylic acids is 1. The van der Waals surface area contributed by atoms with Gasteiger partial charge < -0.3 is 4.42 Å². The molecule has 3 nitrogen and oxygen atoms in total. The fourth-order valence-corrected chi connectivity index (χ4v) is 3.56. The van der Waals surface area contributed by atoms with Crippen LogP contribution in [0.4, 0.5) is 5.69 Å². The summed E-state index contributed by atoms with van der Waals surface area (Å²) in [6.45, 7) is 5.85. The van der Waals surface area contributed by atoms with E-state index in [1.165, 1.54) is 11.8 Å². The monoisotopic (exact) mass is 329 g/mol. The van der Waals surface area contributed by atoms with E-state index in [9.17, 15) is 4.79 Å².